The number of para-hydroxylation sites is 2. The van der Waals surface area contributed by atoms with Crippen molar-refractivity contribution in [1.29, 1.82) is 0 Å². The standard InChI is InChI=1S/C70H51N5OS/c1-44-35-59(46-21-10-7-11-22-46)66(60(36-44)48-24-18-23-47(37-48)45-19-8-6-9-20-45)74-43-73(61-29-16-17-30-62(61)74)51-39-50(71-5)40-53(41-51)76-52-31-32-58-63(42-52)75(64-38-49(33-34-72-64)70(2,3)4)67-65-56-27-14-12-25-54(56)55-26-13-15-28-57(55)68(65)77-69(58)67/h6-42H,43H2,1-4H3/i1D3. The first-order valence-electron chi connectivity index (χ1n) is 27.4. The van der Waals surface area contributed by atoms with E-state index in [2.05, 4.69) is 155 Å². The van der Waals surface area contributed by atoms with E-state index < -0.39 is 6.85 Å². The zero-order chi connectivity index (χ0) is 54.4. The van der Waals surface area contributed by atoms with Crippen LogP contribution in [0.3, 0.4) is 0 Å². The van der Waals surface area contributed by atoms with Crippen LogP contribution < -0.4 is 14.5 Å². The largest absolute Gasteiger partial charge is 0.459 e. The average Bonchev–Trinajstić information content (AvgIpc) is 4.25. The monoisotopic (exact) mass is 1010 g/mol. The average molecular weight is 1010 g/mol. The molecule has 10 aromatic carbocycles. The second-order valence-electron chi connectivity index (χ2n) is 20.9. The van der Waals surface area contributed by atoms with E-state index in [0.29, 0.717) is 23.9 Å². The molecule has 1 aliphatic rings. The first kappa shape index (κ1) is 42.8. The summed E-state index contributed by atoms with van der Waals surface area (Å²) in [6.07, 6.45) is 1.92. The van der Waals surface area contributed by atoms with Crippen LogP contribution in [-0.4, -0.2) is 16.2 Å². The molecular formula is C70H51N5OS. The SMILES string of the molecule is [2H]C([2H])([2H])c1cc(-c2ccccc2)c(N2CN(c3cc([N+]#[C-])cc(Oc4ccc5c6sc7c8ccccc8c8ccccc8c7c6n(-c6cc(C(C)(C)C)ccn6)c5c4)c3)c3ccccc32)c(-c2cccc(-c3ccccc3)c2)c1. The Morgan fingerprint density at radius 2 is 1.21 bits per heavy atom. The summed E-state index contributed by atoms with van der Waals surface area (Å²) in [5.74, 6) is 1.97. The molecular weight excluding hydrogens is 959 g/mol. The van der Waals surface area contributed by atoms with Gasteiger partial charge in [-0.15, -0.1) is 11.3 Å². The van der Waals surface area contributed by atoms with Crippen molar-refractivity contribution in [3.05, 3.63) is 247 Å². The zero-order valence-corrected chi connectivity index (χ0v) is 43.4. The Labute approximate surface area is 456 Å². The smallest absolute Gasteiger partial charge is 0.192 e. The van der Waals surface area contributed by atoms with Crippen LogP contribution in [-0.2, 0) is 5.41 Å². The fourth-order valence-electron chi connectivity index (χ4n) is 11.5. The molecule has 0 saturated heterocycles. The summed E-state index contributed by atoms with van der Waals surface area (Å²) in [6.45, 7) is 13.1. The van der Waals surface area contributed by atoms with Gasteiger partial charge in [0.1, 0.15) is 24.0 Å². The molecule has 6 nitrogen and oxygen atoms in total. The normalized spacial score (nSPS) is 13.3. The third-order valence-electron chi connectivity index (χ3n) is 15.1. The number of hydrogen-bond acceptors (Lipinski definition) is 5. The van der Waals surface area contributed by atoms with Gasteiger partial charge in [0.05, 0.1) is 39.4 Å². The third-order valence-corrected chi connectivity index (χ3v) is 16.3. The highest BCUT2D eigenvalue weighted by Gasteiger charge is 2.32. The van der Waals surface area contributed by atoms with Crippen molar-refractivity contribution in [3.63, 3.8) is 0 Å². The molecule has 0 radical (unpaired) electrons. The Morgan fingerprint density at radius 3 is 1.95 bits per heavy atom. The van der Waals surface area contributed by atoms with E-state index in [1.165, 1.54) is 41.9 Å². The molecule has 7 heteroatoms. The zero-order valence-electron chi connectivity index (χ0n) is 45.6. The fourth-order valence-corrected chi connectivity index (χ4v) is 12.9. The van der Waals surface area contributed by atoms with Crippen molar-refractivity contribution in [2.24, 2.45) is 0 Å². The topological polar surface area (TPSA) is 37.9 Å². The van der Waals surface area contributed by atoms with E-state index >= 15 is 0 Å². The van der Waals surface area contributed by atoms with Crippen LogP contribution in [0.15, 0.2) is 225 Å². The van der Waals surface area contributed by atoms with Crippen molar-refractivity contribution < 1.29 is 8.85 Å². The number of ether oxygens (including phenoxy) is 1. The Hall–Kier alpha value is -9.48. The Balaban J connectivity index is 0.913. The highest BCUT2D eigenvalue weighted by Crippen LogP contribution is 2.53. The number of anilines is 4. The molecule has 0 amide bonds. The lowest BCUT2D eigenvalue weighted by Crippen LogP contribution is -2.25. The number of nitrogens with zero attached hydrogens (tertiary/aromatic N) is 5. The highest BCUT2D eigenvalue weighted by molar-refractivity contribution is 7.27. The van der Waals surface area contributed by atoms with Gasteiger partial charge in [-0.3, -0.25) is 4.57 Å². The second-order valence-corrected chi connectivity index (χ2v) is 21.9. The van der Waals surface area contributed by atoms with E-state index in [1.807, 2.05) is 115 Å². The van der Waals surface area contributed by atoms with Crippen LogP contribution in [0, 0.1) is 13.4 Å². The van der Waals surface area contributed by atoms with E-state index in [9.17, 15) is 0 Å². The van der Waals surface area contributed by atoms with E-state index in [0.717, 1.165) is 78.4 Å². The van der Waals surface area contributed by atoms with E-state index in [4.69, 9.17) is 20.4 Å². The second kappa shape index (κ2) is 18.1. The molecule has 1 aliphatic heterocycles. The van der Waals surface area contributed by atoms with Gasteiger partial charge in [-0.1, -0.05) is 160 Å². The summed E-state index contributed by atoms with van der Waals surface area (Å²) < 4.78 is 37.9. The predicted molar refractivity (Wildman–Crippen MR) is 324 cm³/mol. The summed E-state index contributed by atoms with van der Waals surface area (Å²) in [5, 5.41) is 7.18. The van der Waals surface area contributed by atoms with Crippen molar-refractivity contribution in [3.8, 4) is 50.7 Å². The van der Waals surface area contributed by atoms with Crippen molar-refractivity contribution in [1.82, 2.24) is 9.55 Å². The molecule has 0 fully saturated rings. The molecule has 0 N–H and O–H groups in total. The van der Waals surface area contributed by atoms with Crippen LogP contribution in [0.2, 0.25) is 0 Å². The van der Waals surface area contributed by atoms with Crippen LogP contribution in [0.1, 0.15) is 36.0 Å². The minimum absolute atomic E-state index is 0.114. The minimum Gasteiger partial charge on any atom is -0.459 e. The molecule has 77 heavy (non-hydrogen) atoms. The number of benzene rings is 10. The van der Waals surface area contributed by atoms with Crippen LogP contribution in [0.5, 0.6) is 11.5 Å². The summed E-state index contributed by atoms with van der Waals surface area (Å²) in [5.41, 5.74) is 12.8. The van der Waals surface area contributed by atoms with Gasteiger partial charge in [-0.05, 0) is 129 Å². The van der Waals surface area contributed by atoms with Crippen LogP contribution >= 0.6 is 11.3 Å². The molecule has 3 aromatic heterocycles. The van der Waals surface area contributed by atoms with Gasteiger partial charge in [0.2, 0.25) is 0 Å². The van der Waals surface area contributed by atoms with Gasteiger partial charge < -0.3 is 14.5 Å². The van der Waals surface area contributed by atoms with Gasteiger partial charge in [0.15, 0.2) is 5.69 Å². The van der Waals surface area contributed by atoms with Gasteiger partial charge in [0, 0.05) is 60.1 Å². The molecule has 0 saturated carbocycles. The summed E-state index contributed by atoms with van der Waals surface area (Å²) >= 11 is 1.83. The summed E-state index contributed by atoms with van der Waals surface area (Å²) in [6, 6.07) is 74.4. The number of rotatable bonds is 8. The number of thiophene rings is 1. The number of aryl methyl sites for hydroxylation is 1. The summed E-state index contributed by atoms with van der Waals surface area (Å²) in [4.78, 5) is 13.6. The number of aromatic nitrogens is 2. The third kappa shape index (κ3) is 7.79. The van der Waals surface area contributed by atoms with Crippen molar-refractivity contribution >= 4 is 92.5 Å². The lowest BCUT2D eigenvalue weighted by molar-refractivity contribution is 0.483. The lowest BCUT2D eigenvalue weighted by Gasteiger charge is -2.28. The molecule has 368 valence electrons. The van der Waals surface area contributed by atoms with E-state index in [-0.39, 0.29) is 11.0 Å². The number of fused-ring (bicyclic) bond motifs is 11. The number of hydrogen-bond donors (Lipinski definition) is 0. The quantitative estimate of drug-likeness (QED) is 0.112. The van der Waals surface area contributed by atoms with E-state index in [1.54, 1.807) is 6.07 Å². The molecule has 14 rings (SSSR count). The molecule has 0 aliphatic carbocycles. The molecule has 0 unspecified atom stereocenters. The highest BCUT2D eigenvalue weighted by atomic mass is 32.1. The maximum absolute atomic E-state index is 8.74. The number of pyridine rings is 1. The fraction of sp³-hybridized carbons (Fsp3) is 0.0857. The Bertz CT molecular complexity index is 4670. The Morgan fingerprint density at radius 1 is 0.558 bits per heavy atom. The van der Waals surface area contributed by atoms with Crippen molar-refractivity contribution in [2.45, 2.75) is 33.0 Å². The molecule has 0 spiro atoms. The first-order valence-corrected chi connectivity index (χ1v) is 26.7. The minimum atomic E-state index is -2.38. The van der Waals surface area contributed by atoms with Gasteiger partial charge in [0.25, 0.3) is 0 Å². The van der Waals surface area contributed by atoms with Crippen molar-refractivity contribution in [2.75, 3.05) is 16.5 Å². The molecule has 0 atom stereocenters. The van der Waals surface area contributed by atoms with Crippen LogP contribution in [0.25, 0.3) is 96.8 Å². The predicted octanol–water partition coefficient (Wildman–Crippen LogP) is 19.9. The maximum Gasteiger partial charge on any atom is 0.192 e. The van der Waals surface area contributed by atoms with Crippen LogP contribution in [0.4, 0.5) is 28.4 Å². The van der Waals surface area contributed by atoms with Gasteiger partial charge in [-0.25, -0.2) is 9.83 Å². The van der Waals surface area contributed by atoms with Gasteiger partial charge in [-0.2, -0.15) is 0 Å². The molecule has 4 heterocycles. The summed E-state index contributed by atoms with van der Waals surface area (Å²) in [7, 11) is 0. The lowest BCUT2D eigenvalue weighted by atomic mass is 9.88. The maximum atomic E-state index is 8.74. The Kier molecular flexibility index (Phi) is 10.1. The first-order chi connectivity index (χ1) is 38.9. The van der Waals surface area contributed by atoms with Gasteiger partial charge >= 0.3 is 0 Å². The molecule has 0 bridgehead atoms. The molecule has 13 aromatic rings.